The number of alkyl halides is 3. The quantitative estimate of drug-likeness (QED) is 0.756. The predicted molar refractivity (Wildman–Crippen MR) is 90.9 cm³/mol. The van der Waals surface area contributed by atoms with Crippen LogP contribution in [-0.2, 0) is 10.9 Å². The van der Waals surface area contributed by atoms with Crippen molar-refractivity contribution in [1.29, 1.82) is 0 Å². The van der Waals surface area contributed by atoms with Gasteiger partial charge in [-0.15, -0.1) is 0 Å². The summed E-state index contributed by atoms with van der Waals surface area (Å²) in [5.74, 6) is 0. The van der Waals surface area contributed by atoms with E-state index in [-0.39, 0.29) is 23.0 Å². The summed E-state index contributed by atoms with van der Waals surface area (Å²) >= 11 is 5.92. The maximum atomic E-state index is 13.5. The van der Waals surface area contributed by atoms with E-state index in [0.717, 1.165) is 4.90 Å². The molecule has 5 nitrogen and oxygen atoms in total. The zero-order valence-electron chi connectivity index (χ0n) is 13.1. The van der Waals surface area contributed by atoms with Crippen molar-refractivity contribution in [2.75, 3.05) is 23.0 Å². The fraction of sp³-hybridized carbons (Fsp3) is 0.188. The van der Waals surface area contributed by atoms with Crippen LogP contribution in [0.4, 0.5) is 40.7 Å². The van der Waals surface area contributed by atoms with Crippen LogP contribution in [0, 0.1) is 0 Å². The number of para-hydroxylation sites is 1. The van der Waals surface area contributed by atoms with Gasteiger partial charge in [-0.3, -0.25) is 0 Å². The van der Waals surface area contributed by atoms with Gasteiger partial charge < -0.3 is 16.2 Å². The van der Waals surface area contributed by atoms with Gasteiger partial charge in [0, 0.05) is 0 Å². The van der Waals surface area contributed by atoms with E-state index < -0.39 is 29.2 Å². The number of anilines is 4. The Morgan fingerprint density at radius 2 is 1.84 bits per heavy atom. The highest BCUT2D eigenvalue weighted by Gasteiger charge is 2.39. The first-order valence-electron chi connectivity index (χ1n) is 7.15. The second-order valence-corrected chi connectivity index (χ2v) is 5.34. The molecule has 0 heterocycles. The minimum Gasteiger partial charge on any atom is -0.449 e. The van der Waals surface area contributed by atoms with E-state index in [1.807, 2.05) is 0 Å². The fourth-order valence-electron chi connectivity index (χ4n) is 2.24. The van der Waals surface area contributed by atoms with E-state index in [0.29, 0.717) is 6.07 Å². The summed E-state index contributed by atoms with van der Waals surface area (Å²) in [6, 6.07) is 8.30. The van der Waals surface area contributed by atoms with Crippen LogP contribution >= 0.6 is 11.6 Å². The first-order valence-corrected chi connectivity index (χ1v) is 7.52. The Labute approximate surface area is 146 Å². The van der Waals surface area contributed by atoms with E-state index >= 15 is 0 Å². The van der Waals surface area contributed by atoms with Gasteiger partial charge in [0.2, 0.25) is 0 Å². The predicted octanol–water partition coefficient (Wildman–Crippen LogP) is 4.82. The van der Waals surface area contributed by atoms with Crippen LogP contribution in [0.5, 0.6) is 0 Å². The van der Waals surface area contributed by atoms with Crippen LogP contribution in [0.1, 0.15) is 12.5 Å². The number of carbonyl (C=O) groups excluding carboxylic acids is 1. The molecule has 0 aliphatic rings. The van der Waals surface area contributed by atoms with E-state index in [1.54, 1.807) is 18.2 Å². The normalized spacial score (nSPS) is 11.2. The van der Waals surface area contributed by atoms with E-state index in [2.05, 4.69) is 0 Å². The van der Waals surface area contributed by atoms with Gasteiger partial charge in [0.25, 0.3) is 0 Å². The molecule has 0 saturated heterocycles. The summed E-state index contributed by atoms with van der Waals surface area (Å²) < 4.78 is 45.5. The average molecular weight is 374 g/mol. The molecule has 0 aromatic heterocycles. The minimum atomic E-state index is -4.82. The van der Waals surface area contributed by atoms with Crippen LogP contribution in [0.25, 0.3) is 0 Å². The second kappa shape index (κ2) is 7.10. The summed E-state index contributed by atoms with van der Waals surface area (Å²) in [6.07, 6.45) is -5.84. The van der Waals surface area contributed by atoms with E-state index in [1.165, 1.54) is 19.1 Å². The van der Waals surface area contributed by atoms with Crippen molar-refractivity contribution in [1.82, 2.24) is 0 Å². The largest absolute Gasteiger partial charge is 0.449 e. The molecule has 2 aromatic carbocycles. The molecule has 0 spiro atoms. The number of amides is 1. The Morgan fingerprint density at radius 1 is 1.24 bits per heavy atom. The lowest BCUT2D eigenvalue weighted by Gasteiger charge is -2.27. The third-order valence-electron chi connectivity index (χ3n) is 3.29. The molecule has 2 aromatic rings. The Kier molecular flexibility index (Phi) is 5.32. The minimum absolute atomic E-state index is 0.0356. The van der Waals surface area contributed by atoms with Crippen molar-refractivity contribution in [2.24, 2.45) is 0 Å². The second-order valence-electron chi connectivity index (χ2n) is 4.96. The van der Waals surface area contributed by atoms with Gasteiger partial charge in [-0.2, -0.15) is 13.2 Å². The van der Waals surface area contributed by atoms with Crippen molar-refractivity contribution in [2.45, 2.75) is 13.1 Å². The highest BCUT2D eigenvalue weighted by Crippen LogP contribution is 2.47. The summed E-state index contributed by atoms with van der Waals surface area (Å²) in [6.45, 7) is 1.50. The van der Waals surface area contributed by atoms with Crippen LogP contribution in [-0.4, -0.2) is 12.7 Å². The van der Waals surface area contributed by atoms with Gasteiger partial charge in [-0.25, -0.2) is 9.69 Å². The Balaban J connectivity index is 2.81. The first kappa shape index (κ1) is 18.7. The molecule has 4 N–H and O–H groups in total. The number of ether oxygens (including phenoxy) is 1. The Morgan fingerprint density at radius 3 is 2.36 bits per heavy atom. The number of nitrogen functional groups attached to an aromatic ring is 2. The van der Waals surface area contributed by atoms with Crippen molar-refractivity contribution >= 4 is 40.4 Å². The molecule has 25 heavy (non-hydrogen) atoms. The fourth-order valence-corrected chi connectivity index (χ4v) is 2.38. The number of carbonyl (C=O) groups is 1. The number of hydrogen-bond acceptors (Lipinski definition) is 4. The molecule has 1 amide bonds. The maximum Gasteiger partial charge on any atom is 0.419 e. The molecular formula is C16H15ClF3N3O2. The van der Waals surface area contributed by atoms with Crippen LogP contribution in [0.15, 0.2) is 36.4 Å². The van der Waals surface area contributed by atoms with Crippen LogP contribution < -0.4 is 16.4 Å². The summed E-state index contributed by atoms with van der Waals surface area (Å²) in [5.41, 5.74) is 8.82. The highest BCUT2D eigenvalue weighted by molar-refractivity contribution is 6.36. The van der Waals surface area contributed by atoms with E-state index in [9.17, 15) is 18.0 Å². The monoisotopic (exact) mass is 373 g/mol. The van der Waals surface area contributed by atoms with Crippen molar-refractivity contribution < 1.29 is 22.7 Å². The summed E-state index contributed by atoms with van der Waals surface area (Å²) in [5, 5.41) is -0.270. The number of hydrogen-bond donors (Lipinski definition) is 2. The van der Waals surface area contributed by atoms with Crippen LogP contribution in [0.3, 0.4) is 0 Å². The third kappa shape index (κ3) is 3.74. The first-order chi connectivity index (χ1) is 11.7. The lowest BCUT2D eigenvalue weighted by Crippen LogP contribution is -2.30. The molecule has 0 unspecified atom stereocenters. The van der Waals surface area contributed by atoms with Crippen molar-refractivity contribution in [3.8, 4) is 0 Å². The molecule has 9 heteroatoms. The molecule has 0 saturated carbocycles. The smallest absolute Gasteiger partial charge is 0.419 e. The molecule has 0 aliphatic heterocycles. The van der Waals surface area contributed by atoms with Gasteiger partial charge in [0.05, 0.1) is 39.9 Å². The molecule has 2 rings (SSSR count). The van der Waals surface area contributed by atoms with Gasteiger partial charge >= 0.3 is 12.3 Å². The molecule has 0 bridgehead atoms. The zero-order chi connectivity index (χ0) is 18.8. The topological polar surface area (TPSA) is 81.6 Å². The van der Waals surface area contributed by atoms with Crippen molar-refractivity contribution in [3.05, 3.63) is 47.0 Å². The number of halogens is 4. The lowest BCUT2D eigenvalue weighted by atomic mass is 10.1. The van der Waals surface area contributed by atoms with Gasteiger partial charge in [0.1, 0.15) is 0 Å². The number of benzene rings is 2. The Bertz CT molecular complexity index is 782. The molecule has 134 valence electrons. The van der Waals surface area contributed by atoms with Gasteiger partial charge in [-0.1, -0.05) is 29.8 Å². The molecule has 0 atom stereocenters. The summed E-state index contributed by atoms with van der Waals surface area (Å²) in [7, 11) is 0. The zero-order valence-corrected chi connectivity index (χ0v) is 13.9. The summed E-state index contributed by atoms with van der Waals surface area (Å²) in [4.78, 5) is 13.1. The number of nitrogens with two attached hydrogens (primary N) is 2. The van der Waals surface area contributed by atoms with Crippen molar-refractivity contribution in [3.63, 3.8) is 0 Å². The number of nitrogens with zero attached hydrogens (tertiary/aromatic N) is 1. The Hall–Kier alpha value is -2.61. The maximum absolute atomic E-state index is 13.5. The highest BCUT2D eigenvalue weighted by atomic mass is 35.5. The molecule has 0 radical (unpaired) electrons. The molecular weight excluding hydrogens is 359 g/mol. The molecule has 0 fully saturated rings. The third-order valence-corrected chi connectivity index (χ3v) is 3.72. The van der Waals surface area contributed by atoms with E-state index in [4.69, 9.17) is 27.8 Å². The standard InChI is InChI=1S/C16H15ClF3N3O2/c1-2-25-15(24)23(9-6-4-3-5-7-9)14-10(16(18,19)20)8-11(21)12(17)13(14)22/h3-8H,2,21-22H2,1H3. The SMILES string of the molecule is CCOC(=O)N(c1ccccc1)c1c(C(F)(F)F)cc(N)c(Cl)c1N. The molecule has 0 aliphatic carbocycles. The van der Waals surface area contributed by atoms with Gasteiger partial charge in [-0.05, 0) is 25.1 Å². The average Bonchev–Trinajstić information content (AvgIpc) is 2.55. The lowest BCUT2D eigenvalue weighted by molar-refractivity contribution is -0.136. The van der Waals surface area contributed by atoms with Crippen LogP contribution in [0.2, 0.25) is 5.02 Å². The van der Waals surface area contributed by atoms with Gasteiger partial charge in [0.15, 0.2) is 0 Å². The number of rotatable bonds is 3.